The zero-order chi connectivity index (χ0) is 15.1. The maximum Gasteiger partial charge on any atom is 0.404 e. The van der Waals surface area contributed by atoms with Crippen LogP contribution in [0.5, 0.6) is 0 Å². The largest absolute Gasteiger partial charge is 0.465 e. The summed E-state index contributed by atoms with van der Waals surface area (Å²) < 4.78 is 0. The average Bonchev–Trinajstić information content (AvgIpc) is 2.21. The average molecular weight is 271 g/mol. The fourth-order valence-electron chi connectivity index (χ4n) is 1.89. The number of nitriles is 1. The summed E-state index contributed by atoms with van der Waals surface area (Å²) >= 11 is 0. The van der Waals surface area contributed by atoms with Crippen molar-refractivity contribution in [2.45, 2.75) is 39.7 Å². The third kappa shape index (κ3) is 7.13. The van der Waals surface area contributed by atoms with Crippen molar-refractivity contribution in [3.8, 4) is 6.07 Å². The number of nitrogens with zero attached hydrogens (tertiary/aromatic N) is 1. The van der Waals surface area contributed by atoms with Crippen LogP contribution in [0.3, 0.4) is 0 Å². The second kappa shape index (κ2) is 7.46. The monoisotopic (exact) mass is 271 g/mol. The van der Waals surface area contributed by atoms with E-state index in [2.05, 4.69) is 16.7 Å². The maximum absolute atomic E-state index is 10.8. The normalized spacial score (nSPS) is 14.0. The Bertz CT molecular complexity index is 357. The molecule has 0 heterocycles. The molecule has 4 N–H and O–H groups in total. The van der Waals surface area contributed by atoms with Gasteiger partial charge in [0, 0.05) is 12.6 Å². The molecule has 7 heteroatoms. The number of rotatable bonds is 6. The van der Waals surface area contributed by atoms with Gasteiger partial charge in [-0.15, -0.1) is 0 Å². The van der Waals surface area contributed by atoms with Crippen LogP contribution in [0.25, 0.3) is 0 Å². The van der Waals surface area contributed by atoms with Crippen LogP contribution in [-0.2, 0) is 0 Å². The molecule has 0 aliphatic rings. The lowest BCUT2D eigenvalue weighted by molar-refractivity contribution is 0.169. The van der Waals surface area contributed by atoms with Gasteiger partial charge in [-0.3, -0.25) is 0 Å². The predicted molar refractivity (Wildman–Crippen MR) is 68.8 cm³/mol. The van der Waals surface area contributed by atoms with Gasteiger partial charge in [0.2, 0.25) is 0 Å². The van der Waals surface area contributed by atoms with E-state index in [9.17, 15) is 14.9 Å². The molecule has 0 fully saturated rings. The van der Waals surface area contributed by atoms with Crippen molar-refractivity contribution in [3.63, 3.8) is 0 Å². The van der Waals surface area contributed by atoms with Crippen LogP contribution in [0, 0.1) is 22.7 Å². The minimum absolute atomic E-state index is 0.232. The van der Waals surface area contributed by atoms with Crippen molar-refractivity contribution in [2.24, 2.45) is 11.3 Å². The molecular formula is C12H21N3O4. The molecule has 0 bridgehead atoms. The second-order valence-electron chi connectivity index (χ2n) is 5.40. The van der Waals surface area contributed by atoms with Crippen molar-refractivity contribution in [1.82, 2.24) is 10.6 Å². The molecule has 108 valence electrons. The Morgan fingerprint density at radius 1 is 1.26 bits per heavy atom. The molecule has 2 unspecified atom stereocenters. The summed E-state index contributed by atoms with van der Waals surface area (Å²) in [6.07, 6.45) is -1.43. The van der Waals surface area contributed by atoms with Crippen molar-refractivity contribution < 1.29 is 19.8 Å². The first-order valence-corrected chi connectivity index (χ1v) is 6.04. The molecule has 0 aromatic rings. The third-order valence-electron chi connectivity index (χ3n) is 2.75. The standard InChI is InChI=1S/C12H21N3O4/c1-12(2,3)8(7-13)9(15-11(18)19)5-4-6-14-10(16)17/h8-9,14-15H,4-6H2,1-3H3,(H,16,17)(H,18,19). The molecule has 2 atom stereocenters. The first-order valence-electron chi connectivity index (χ1n) is 6.04. The van der Waals surface area contributed by atoms with E-state index < -0.39 is 24.1 Å². The van der Waals surface area contributed by atoms with Gasteiger partial charge in [0.15, 0.2) is 0 Å². The number of nitrogens with one attached hydrogen (secondary N) is 2. The lowest BCUT2D eigenvalue weighted by Gasteiger charge is -2.32. The van der Waals surface area contributed by atoms with E-state index in [1.807, 2.05) is 20.8 Å². The highest BCUT2D eigenvalue weighted by atomic mass is 16.4. The lowest BCUT2D eigenvalue weighted by atomic mass is 9.76. The Labute approximate surface area is 112 Å². The van der Waals surface area contributed by atoms with Gasteiger partial charge in [0.1, 0.15) is 0 Å². The molecule has 0 aliphatic carbocycles. The Morgan fingerprint density at radius 3 is 2.21 bits per heavy atom. The number of carboxylic acid groups (broad SMARTS) is 2. The number of hydrogen-bond acceptors (Lipinski definition) is 3. The summed E-state index contributed by atoms with van der Waals surface area (Å²) in [6, 6.07) is 1.62. The number of hydrogen-bond donors (Lipinski definition) is 4. The number of amides is 2. The summed E-state index contributed by atoms with van der Waals surface area (Å²) in [6.45, 7) is 5.84. The van der Waals surface area contributed by atoms with Gasteiger partial charge in [-0.25, -0.2) is 9.59 Å². The predicted octanol–water partition coefficient (Wildman–Crippen LogP) is 1.86. The Hall–Kier alpha value is -1.97. The fourth-order valence-corrected chi connectivity index (χ4v) is 1.89. The van der Waals surface area contributed by atoms with E-state index in [4.69, 9.17) is 10.2 Å². The highest BCUT2D eigenvalue weighted by molar-refractivity contribution is 5.65. The van der Waals surface area contributed by atoms with Crippen molar-refractivity contribution in [1.29, 1.82) is 5.26 Å². The molecule has 19 heavy (non-hydrogen) atoms. The summed E-state index contributed by atoms with van der Waals surface area (Å²) in [5.74, 6) is -0.478. The molecule has 7 nitrogen and oxygen atoms in total. The number of carbonyl (C=O) groups is 2. The molecule has 0 saturated heterocycles. The first-order chi connectivity index (χ1) is 8.68. The molecule has 0 saturated carbocycles. The highest BCUT2D eigenvalue weighted by Gasteiger charge is 2.33. The van der Waals surface area contributed by atoms with Crippen molar-refractivity contribution >= 4 is 12.2 Å². The molecule has 0 radical (unpaired) electrons. The highest BCUT2D eigenvalue weighted by Crippen LogP contribution is 2.29. The molecule has 0 rings (SSSR count). The van der Waals surface area contributed by atoms with Crippen LogP contribution in [0.4, 0.5) is 9.59 Å². The van der Waals surface area contributed by atoms with Crippen LogP contribution in [0.1, 0.15) is 33.6 Å². The topological polar surface area (TPSA) is 122 Å². The third-order valence-corrected chi connectivity index (χ3v) is 2.75. The Morgan fingerprint density at radius 2 is 1.84 bits per heavy atom. The van der Waals surface area contributed by atoms with Crippen LogP contribution < -0.4 is 10.6 Å². The first kappa shape index (κ1) is 17.0. The van der Waals surface area contributed by atoms with E-state index in [-0.39, 0.29) is 12.0 Å². The van der Waals surface area contributed by atoms with Gasteiger partial charge in [0.25, 0.3) is 0 Å². The van der Waals surface area contributed by atoms with Crippen LogP contribution in [-0.4, -0.2) is 35.0 Å². The Balaban J connectivity index is 4.58. The van der Waals surface area contributed by atoms with E-state index in [1.165, 1.54) is 0 Å². The van der Waals surface area contributed by atoms with Gasteiger partial charge in [-0.1, -0.05) is 20.8 Å². The Kier molecular flexibility index (Phi) is 6.69. The van der Waals surface area contributed by atoms with Gasteiger partial charge >= 0.3 is 12.2 Å². The molecule has 0 aliphatic heterocycles. The summed E-state index contributed by atoms with van der Waals surface area (Å²) in [4.78, 5) is 21.1. The van der Waals surface area contributed by atoms with E-state index >= 15 is 0 Å². The zero-order valence-corrected chi connectivity index (χ0v) is 11.4. The van der Waals surface area contributed by atoms with Crippen LogP contribution in [0.15, 0.2) is 0 Å². The quantitative estimate of drug-likeness (QED) is 0.549. The van der Waals surface area contributed by atoms with Crippen LogP contribution in [0.2, 0.25) is 0 Å². The second-order valence-corrected chi connectivity index (χ2v) is 5.40. The molecule has 0 aromatic heterocycles. The maximum atomic E-state index is 10.8. The zero-order valence-electron chi connectivity index (χ0n) is 11.4. The summed E-state index contributed by atoms with van der Waals surface area (Å²) in [5.41, 5.74) is -0.359. The molecular weight excluding hydrogens is 250 g/mol. The molecule has 2 amide bonds. The van der Waals surface area contributed by atoms with Gasteiger partial charge in [0.05, 0.1) is 12.0 Å². The minimum Gasteiger partial charge on any atom is -0.465 e. The van der Waals surface area contributed by atoms with Gasteiger partial charge in [-0.2, -0.15) is 5.26 Å². The summed E-state index contributed by atoms with van der Waals surface area (Å²) in [7, 11) is 0. The minimum atomic E-state index is -1.18. The van der Waals surface area contributed by atoms with Gasteiger partial charge in [-0.05, 0) is 18.3 Å². The summed E-state index contributed by atoms with van der Waals surface area (Å²) in [5, 5.41) is 31.0. The van der Waals surface area contributed by atoms with Crippen molar-refractivity contribution in [3.05, 3.63) is 0 Å². The molecule has 0 aromatic carbocycles. The van der Waals surface area contributed by atoms with E-state index in [0.29, 0.717) is 12.8 Å². The van der Waals surface area contributed by atoms with Crippen LogP contribution >= 0.6 is 0 Å². The van der Waals surface area contributed by atoms with E-state index in [1.54, 1.807) is 0 Å². The van der Waals surface area contributed by atoms with Crippen molar-refractivity contribution in [2.75, 3.05) is 6.54 Å². The molecule has 0 spiro atoms. The lowest BCUT2D eigenvalue weighted by Crippen LogP contribution is -2.44. The SMILES string of the molecule is CC(C)(C)C(C#N)C(CCCNC(=O)O)NC(=O)O. The fraction of sp³-hybridized carbons (Fsp3) is 0.750. The smallest absolute Gasteiger partial charge is 0.404 e. The van der Waals surface area contributed by atoms with Gasteiger partial charge < -0.3 is 20.8 Å². The van der Waals surface area contributed by atoms with E-state index in [0.717, 1.165) is 0 Å².